The first-order valence-corrected chi connectivity index (χ1v) is 6.81. The van der Waals surface area contributed by atoms with E-state index >= 15 is 0 Å². The van der Waals surface area contributed by atoms with Gasteiger partial charge in [-0.05, 0) is 32.1 Å². The molecule has 0 unspecified atom stereocenters. The summed E-state index contributed by atoms with van der Waals surface area (Å²) >= 11 is 0. The highest BCUT2D eigenvalue weighted by Crippen LogP contribution is 2.45. The van der Waals surface area contributed by atoms with Crippen molar-refractivity contribution >= 4 is 11.7 Å². The van der Waals surface area contributed by atoms with Gasteiger partial charge in [0.15, 0.2) is 0 Å². The molecule has 2 aliphatic rings. The lowest BCUT2D eigenvalue weighted by molar-refractivity contribution is 0.0881. The van der Waals surface area contributed by atoms with E-state index in [-0.39, 0.29) is 11.6 Å². The Morgan fingerprint density at radius 3 is 2.79 bits per heavy atom. The fourth-order valence-corrected chi connectivity index (χ4v) is 3.25. The SMILES string of the molecule is COc1nn(C)cc1NC(=O)N1CCCC12CCC2. The Kier molecular flexibility index (Phi) is 2.88. The number of urea groups is 1. The third-order valence-corrected chi connectivity index (χ3v) is 4.36. The summed E-state index contributed by atoms with van der Waals surface area (Å²) in [6, 6.07) is -0.0245. The van der Waals surface area contributed by atoms with Crippen molar-refractivity contribution in [2.75, 3.05) is 19.0 Å². The zero-order valence-corrected chi connectivity index (χ0v) is 11.5. The van der Waals surface area contributed by atoms with Crippen molar-refractivity contribution in [2.45, 2.75) is 37.6 Å². The van der Waals surface area contributed by atoms with E-state index in [0.29, 0.717) is 11.6 Å². The van der Waals surface area contributed by atoms with Gasteiger partial charge in [0.1, 0.15) is 5.69 Å². The van der Waals surface area contributed by atoms with Crippen LogP contribution in [0.3, 0.4) is 0 Å². The van der Waals surface area contributed by atoms with Gasteiger partial charge in [0.05, 0.1) is 13.3 Å². The lowest BCUT2D eigenvalue weighted by Crippen LogP contribution is -2.53. The van der Waals surface area contributed by atoms with E-state index in [1.54, 1.807) is 25.0 Å². The van der Waals surface area contributed by atoms with E-state index in [0.717, 1.165) is 32.2 Å². The third-order valence-electron chi connectivity index (χ3n) is 4.36. The maximum absolute atomic E-state index is 12.4. The molecule has 2 amide bonds. The largest absolute Gasteiger partial charge is 0.478 e. The molecule has 104 valence electrons. The van der Waals surface area contributed by atoms with Gasteiger partial charge < -0.3 is 15.0 Å². The molecule has 1 saturated heterocycles. The minimum Gasteiger partial charge on any atom is -0.478 e. The minimum absolute atomic E-state index is 0.0245. The second kappa shape index (κ2) is 4.43. The van der Waals surface area contributed by atoms with E-state index in [1.807, 2.05) is 4.90 Å². The molecule has 1 N–H and O–H groups in total. The number of methoxy groups -OCH3 is 1. The van der Waals surface area contributed by atoms with Crippen LogP contribution in [0.15, 0.2) is 6.20 Å². The standard InChI is InChI=1S/C13H20N4O2/c1-16-9-10(11(15-16)19-2)14-12(18)17-8-4-7-13(17)5-3-6-13/h9H,3-8H2,1-2H3,(H,14,18). The van der Waals surface area contributed by atoms with Crippen LogP contribution in [0.5, 0.6) is 5.88 Å². The van der Waals surface area contributed by atoms with Gasteiger partial charge in [0, 0.05) is 19.1 Å². The van der Waals surface area contributed by atoms with Crippen LogP contribution in [0.25, 0.3) is 0 Å². The van der Waals surface area contributed by atoms with E-state index in [9.17, 15) is 4.79 Å². The molecule has 1 aliphatic carbocycles. The fourth-order valence-electron chi connectivity index (χ4n) is 3.25. The number of likely N-dealkylation sites (tertiary alicyclic amines) is 1. The maximum atomic E-state index is 12.4. The lowest BCUT2D eigenvalue weighted by atomic mass is 9.75. The number of hydrogen-bond acceptors (Lipinski definition) is 3. The smallest absolute Gasteiger partial charge is 0.322 e. The summed E-state index contributed by atoms with van der Waals surface area (Å²) in [6.45, 7) is 0.856. The van der Waals surface area contributed by atoms with Crippen LogP contribution in [-0.4, -0.2) is 39.9 Å². The Labute approximate surface area is 112 Å². The molecule has 3 rings (SSSR count). The van der Waals surface area contributed by atoms with Crippen molar-refractivity contribution in [1.29, 1.82) is 0 Å². The molecule has 6 heteroatoms. The van der Waals surface area contributed by atoms with Gasteiger partial charge in [-0.1, -0.05) is 0 Å². The fraction of sp³-hybridized carbons (Fsp3) is 0.692. The van der Waals surface area contributed by atoms with Gasteiger partial charge >= 0.3 is 6.03 Å². The van der Waals surface area contributed by atoms with Crippen LogP contribution >= 0.6 is 0 Å². The first-order valence-electron chi connectivity index (χ1n) is 6.81. The van der Waals surface area contributed by atoms with E-state index < -0.39 is 0 Å². The topological polar surface area (TPSA) is 59.4 Å². The molecule has 1 aliphatic heterocycles. The summed E-state index contributed by atoms with van der Waals surface area (Å²) in [5.41, 5.74) is 0.774. The Hall–Kier alpha value is -1.72. The average Bonchev–Trinajstić information content (AvgIpc) is 2.91. The quantitative estimate of drug-likeness (QED) is 0.888. The van der Waals surface area contributed by atoms with E-state index in [4.69, 9.17) is 4.74 Å². The summed E-state index contributed by atoms with van der Waals surface area (Å²) < 4.78 is 6.79. The van der Waals surface area contributed by atoms with Gasteiger partial charge in [0.25, 0.3) is 5.88 Å². The number of aryl methyl sites for hydroxylation is 1. The van der Waals surface area contributed by atoms with Gasteiger partial charge in [-0.15, -0.1) is 5.10 Å². The molecule has 2 fully saturated rings. The Bertz CT molecular complexity index is 493. The van der Waals surface area contributed by atoms with Gasteiger partial charge in [0.2, 0.25) is 0 Å². The van der Waals surface area contributed by atoms with Crippen molar-refractivity contribution in [2.24, 2.45) is 7.05 Å². The molecule has 0 aromatic carbocycles. The molecule has 19 heavy (non-hydrogen) atoms. The normalized spacial score (nSPS) is 20.4. The number of nitrogens with one attached hydrogen (secondary N) is 1. The van der Waals surface area contributed by atoms with E-state index in [2.05, 4.69) is 10.4 Å². The summed E-state index contributed by atoms with van der Waals surface area (Å²) in [5, 5.41) is 7.07. The molecule has 0 atom stereocenters. The number of hydrogen-bond donors (Lipinski definition) is 1. The Balaban J connectivity index is 1.74. The Morgan fingerprint density at radius 1 is 1.42 bits per heavy atom. The number of carbonyl (C=O) groups is 1. The molecule has 0 radical (unpaired) electrons. The number of rotatable bonds is 2. The van der Waals surface area contributed by atoms with Crippen LogP contribution in [0, 0.1) is 0 Å². The van der Waals surface area contributed by atoms with Crippen LogP contribution in [-0.2, 0) is 7.05 Å². The van der Waals surface area contributed by atoms with Crippen molar-refractivity contribution in [3.63, 3.8) is 0 Å². The number of ether oxygens (including phenoxy) is 1. The summed E-state index contributed by atoms with van der Waals surface area (Å²) in [4.78, 5) is 14.4. The number of aromatic nitrogens is 2. The first kappa shape index (κ1) is 12.3. The first-order chi connectivity index (χ1) is 9.14. The second-order valence-electron chi connectivity index (χ2n) is 5.49. The summed E-state index contributed by atoms with van der Waals surface area (Å²) in [7, 11) is 3.36. The molecular formula is C13H20N4O2. The minimum atomic E-state index is -0.0245. The molecule has 0 bridgehead atoms. The highest BCUT2D eigenvalue weighted by molar-refractivity contribution is 5.91. The predicted octanol–water partition coefficient (Wildman–Crippen LogP) is 1.98. The Morgan fingerprint density at radius 2 is 2.16 bits per heavy atom. The lowest BCUT2D eigenvalue weighted by Gasteiger charge is -2.45. The van der Waals surface area contributed by atoms with Crippen molar-refractivity contribution in [3.05, 3.63) is 6.20 Å². The van der Waals surface area contributed by atoms with E-state index in [1.165, 1.54) is 6.42 Å². The molecule has 1 aromatic heterocycles. The predicted molar refractivity (Wildman–Crippen MR) is 71.3 cm³/mol. The molecular weight excluding hydrogens is 244 g/mol. The summed E-state index contributed by atoms with van der Waals surface area (Å²) in [5.74, 6) is 0.456. The average molecular weight is 264 g/mol. The monoisotopic (exact) mass is 264 g/mol. The zero-order chi connectivity index (χ0) is 13.5. The molecule has 6 nitrogen and oxygen atoms in total. The van der Waals surface area contributed by atoms with Crippen molar-refractivity contribution in [3.8, 4) is 5.88 Å². The van der Waals surface area contributed by atoms with Crippen LogP contribution in [0.2, 0.25) is 0 Å². The maximum Gasteiger partial charge on any atom is 0.322 e. The van der Waals surface area contributed by atoms with Crippen LogP contribution < -0.4 is 10.1 Å². The second-order valence-corrected chi connectivity index (χ2v) is 5.49. The van der Waals surface area contributed by atoms with Gasteiger partial charge in [-0.3, -0.25) is 4.68 Å². The van der Waals surface area contributed by atoms with Crippen molar-refractivity contribution < 1.29 is 9.53 Å². The molecule has 1 spiro atoms. The van der Waals surface area contributed by atoms with Gasteiger partial charge in [-0.2, -0.15) is 0 Å². The third kappa shape index (κ3) is 1.95. The highest BCUT2D eigenvalue weighted by atomic mass is 16.5. The molecule has 1 aromatic rings. The van der Waals surface area contributed by atoms with Crippen LogP contribution in [0.4, 0.5) is 10.5 Å². The highest BCUT2D eigenvalue weighted by Gasteiger charge is 2.47. The molecule has 1 saturated carbocycles. The van der Waals surface area contributed by atoms with Crippen molar-refractivity contribution in [1.82, 2.24) is 14.7 Å². The number of nitrogens with zero attached hydrogens (tertiary/aromatic N) is 3. The van der Waals surface area contributed by atoms with Gasteiger partial charge in [-0.25, -0.2) is 4.79 Å². The number of amides is 2. The number of carbonyl (C=O) groups excluding carboxylic acids is 1. The summed E-state index contributed by atoms with van der Waals surface area (Å²) in [6.07, 6.45) is 7.54. The number of anilines is 1. The molecule has 2 heterocycles. The zero-order valence-electron chi connectivity index (χ0n) is 11.5. The van der Waals surface area contributed by atoms with Crippen LogP contribution in [0.1, 0.15) is 32.1 Å².